The van der Waals surface area contributed by atoms with Gasteiger partial charge in [0.2, 0.25) is 15.9 Å². The summed E-state index contributed by atoms with van der Waals surface area (Å²) in [4.78, 5) is 22.7. The van der Waals surface area contributed by atoms with Crippen LogP contribution in [0.5, 0.6) is 0 Å². The van der Waals surface area contributed by atoms with Crippen LogP contribution in [-0.4, -0.2) is 46.4 Å². The van der Waals surface area contributed by atoms with E-state index in [-0.39, 0.29) is 35.5 Å². The van der Waals surface area contributed by atoms with E-state index in [0.717, 1.165) is 5.69 Å². The van der Waals surface area contributed by atoms with Crippen LogP contribution in [0.1, 0.15) is 25.5 Å². The number of carbonyl (C=O) groups excluding carboxylic acids is 1. The number of carbonyl (C=O) groups is 1. The molecule has 1 aromatic carbocycles. The molecule has 0 spiro atoms. The molecule has 1 aliphatic rings. The number of nitro groups is 1. The van der Waals surface area contributed by atoms with E-state index >= 15 is 0 Å². The third-order valence-electron chi connectivity index (χ3n) is 5.17. The van der Waals surface area contributed by atoms with E-state index in [1.165, 1.54) is 28.6 Å². The number of piperidine rings is 1. The number of rotatable bonds is 6. The standard InChI is InChI=1S/C18H23N5O5S/c1-3-22-13(2)17(12-19-22)20-18(24)14-8-10-21(11-9-14)29(27,28)16-6-4-15(5-7-16)23(25)26/h4-7,12,14H,3,8-11H2,1-2H3,(H,20,24). The van der Waals surface area contributed by atoms with Crippen LogP contribution >= 0.6 is 0 Å². The lowest BCUT2D eigenvalue weighted by molar-refractivity contribution is -0.384. The number of aryl methyl sites for hydroxylation is 1. The first-order valence-electron chi connectivity index (χ1n) is 9.32. The SMILES string of the molecule is CCn1ncc(NC(=O)C2CCN(S(=O)(=O)c3ccc([N+](=O)[O-])cc3)CC2)c1C. The molecule has 1 aliphatic heterocycles. The first-order valence-corrected chi connectivity index (χ1v) is 10.8. The van der Waals surface area contributed by atoms with Crippen LogP contribution in [0, 0.1) is 23.0 Å². The Morgan fingerprint density at radius 2 is 1.90 bits per heavy atom. The van der Waals surface area contributed by atoms with Crippen molar-refractivity contribution in [2.24, 2.45) is 5.92 Å². The number of non-ortho nitro benzene ring substituents is 1. The Balaban J connectivity index is 1.62. The average molecular weight is 421 g/mol. The number of nitrogens with zero attached hydrogens (tertiary/aromatic N) is 4. The number of sulfonamides is 1. The number of benzene rings is 1. The quantitative estimate of drug-likeness (QED) is 0.562. The van der Waals surface area contributed by atoms with Crippen LogP contribution in [0.2, 0.25) is 0 Å². The third-order valence-corrected chi connectivity index (χ3v) is 7.08. The van der Waals surface area contributed by atoms with E-state index in [9.17, 15) is 23.3 Å². The number of nitrogens with one attached hydrogen (secondary N) is 1. The third kappa shape index (κ3) is 4.30. The first-order chi connectivity index (χ1) is 13.7. The Kier molecular flexibility index (Phi) is 5.99. The van der Waals surface area contributed by atoms with Gasteiger partial charge in [-0.25, -0.2) is 8.42 Å². The molecule has 2 heterocycles. The molecular formula is C18H23N5O5S. The molecular weight excluding hydrogens is 398 g/mol. The molecule has 2 aromatic rings. The van der Waals surface area contributed by atoms with Gasteiger partial charge in [-0.2, -0.15) is 9.40 Å². The number of hydrogen-bond acceptors (Lipinski definition) is 6. The van der Waals surface area contributed by atoms with E-state index in [0.29, 0.717) is 25.1 Å². The number of anilines is 1. The minimum Gasteiger partial charge on any atom is -0.323 e. The summed E-state index contributed by atoms with van der Waals surface area (Å²) in [5, 5.41) is 17.8. The number of nitro benzene ring substituents is 1. The van der Waals surface area contributed by atoms with Gasteiger partial charge in [-0.15, -0.1) is 0 Å². The fourth-order valence-corrected chi connectivity index (χ4v) is 4.84. The normalized spacial score (nSPS) is 15.9. The summed E-state index contributed by atoms with van der Waals surface area (Å²) in [5.74, 6) is -0.432. The van der Waals surface area contributed by atoms with Gasteiger partial charge in [0.1, 0.15) is 0 Å². The van der Waals surface area contributed by atoms with Crippen molar-refractivity contribution in [2.75, 3.05) is 18.4 Å². The van der Waals surface area contributed by atoms with Crippen molar-refractivity contribution < 1.29 is 18.1 Å². The van der Waals surface area contributed by atoms with Crippen molar-refractivity contribution in [3.63, 3.8) is 0 Å². The smallest absolute Gasteiger partial charge is 0.269 e. The summed E-state index contributed by atoms with van der Waals surface area (Å²) in [7, 11) is -3.75. The van der Waals surface area contributed by atoms with Crippen LogP contribution in [0.25, 0.3) is 0 Å². The highest BCUT2D eigenvalue weighted by molar-refractivity contribution is 7.89. The van der Waals surface area contributed by atoms with E-state index < -0.39 is 14.9 Å². The van der Waals surface area contributed by atoms with Gasteiger partial charge >= 0.3 is 0 Å². The summed E-state index contributed by atoms with van der Waals surface area (Å²) in [6.07, 6.45) is 2.42. The molecule has 1 aromatic heterocycles. The molecule has 0 radical (unpaired) electrons. The van der Waals surface area contributed by atoms with Crippen LogP contribution in [0.3, 0.4) is 0 Å². The van der Waals surface area contributed by atoms with Crippen LogP contribution in [-0.2, 0) is 21.4 Å². The number of aromatic nitrogens is 2. The molecule has 1 amide bonds. The highest BCUT2D eigenvalue weighted by Crippen LogP contribution is 2.26. The molecule has 156 valence electrons. The molecule has 1 N–H and O–H groups in total. The lowest BCUT2D eigenvalue weighted by Gasteiger charge is -2.30. The highest BCUT2D eigenvalue weighted by Gasteiger charge is 2.32. The molecule has 0 bridgehead atoms. The van der Waals surface area contributed by atoms with Crippen LogP contribution in [0.4, 0.5) is 11.4 Å². The summed E-state index contributed by atoms with van der Waals surface area (Å²) >= 11 is 0. The zero-order valence-electron chi connectivity index (χ0n) is 16.2. The molecule has 1 fully saturated rings. The molecule has 0 aliphatic carbocycles. The molecule has 3 rings (SSSR count). The predicted molar refractivity (Wildman–Crippen MR) is 106 cm³/mol. The fraction of sp³-hybridized carbons (Fsp3) is 0.444. The largest absolute Gasteiger partial charge is 0.323 e. The maximum absolute atomic E-state index is 12.8. The maximum Gasteiger partial charge on any atom is 0.269 e. The second kappa shape index (κ2) is 8.29. The van der Waals surface area contributed by atoms with Gasteiger partial charge in [-0.3, -0.25) is 19.6 Å². The van der Waals surface area contributed by atoms with Crippen molar-refractivity contribution in [3.8, 4) is 0 Å². The summed E-state index contributed by atoms with van der Waals surface area (Å²) in [6.45, 7) is 4.98. The van der Waals surface area contributed by atoms with Crippen molar-refractivity contribution in [2.45, 2.75) is 38.1 Å². The van der Waals surface area contributed by atoms with Gasteiger partial charge < -0.3 is 5.32 Å². The van der Waals surface area contributed by atoms with Gasteiger partial charge in [0.15, 0.2) is 0 Å². The highest BCUT2D eigenvalue weighted by atomic mass is 32.2. The fourth-order valence-electron chi connectivity index (χ4n) is 3.37. The Morgan fingerprint density at radius 3 is 2.41 bits per heavy atom. The second-order valence-electron chi connectivity index (χ2n) is 6.88. The molecule has 0 saturated carbocycles. The first kappa shape index (κ1) is 20.9. The average Bonchev–Trinajstić information content (AvgIpc) is 3.07. The minimum absolute atomic E-state index is 0.00797. The van der Waals surface area contributed by atoms with Gasteiger partial charge in [-0.05, 0) is 38.8 Å². The summed E-state index contributed by atoms with van der Waals surface area (Å²) in [5.41, 5.74) is 1.37. The van der Waals surface area contributed by atoms with Gasteiger partial charge in [0, 0.05) is 37.7 Å². The van der Waals surface area contributed by atoms with E-state index in [1.807, 2.05) is 13.8 Å². The van der Waals surface area contributed by atoms with E-state index in [1.54, 1.807) is 10.9 Å². The van der Waals surface area contributed by atoms with E-state index in [4.69, 9.17) is 0 Å². The van der Waals surface area contributed by atoms with Crippen molar-refractivity contribution in [1.82, 2.24) is 14.1 Å². The second-order valence-corrected chi connectivity index (χ2v) is 8.82. The van der Waals surface area contributed by atoms with Crippen LogP contribution < -0.4 is 5.32 Å². The molecule has 11 heteroatoms. The summed E-state index contributed by atoms with van der Waals surface area (Å²) < 4.78 is 28.6. The minimum atomic E-state index is -3.75. The molecule has 29 heavy (non-hydrogen) atoms. The lowest BCUT2D eigenvalue weighted by Crippen LogP contribution is -2.41. The molecule has 1 saturated heterocycles. The van der Waals surface area contributed by atoms with Gasteiger partial charge in [0.05, 0.1) is 27.4 Å². The van der Waals surface area contributed by atoms with Crippen molar-refractivity contribution in [1.29, 1.82) is 0 Å². The van der Waals surface area contributed by atoms with Gasteiger partial charge in [-0.1, -0.05) is 0 Å². The van der Waals surface area contributed by atoms with Gasteiger partial charge in [0.25, 0.3) is 5.69 Å². The monoisotopic (exact) mass is 421 g/mol. The number of hydrogen-bond donors (Lipinski definition) is 1. The molecule has 10 nitrogen and oxygen atoms in total. The Labute approximate surface area is 168 Å². The lowest BCUT2D eigenvalue weighted by atomic mass is 9.97. The molecule has 0 atom stereocenters. The number of amides is 1. The maximum atomic E-state index is 12.8. The van der Waals surface area contributed by atoms with Crippen molar-refractivity contribution >= 4 is 27.3 Å². The summed E-state index contributed by atoms with van der Waals surface area (Å²) in [6, 6.07) is 4.82. The van der Waals surface area contributed by atoms with Crippen LogP contribution in [0.15, 0.2) is 35.4 Å². The Morgan fingerprint density at radius 1 is 1.28 bits per heavy atom. The zero-order valence-corrected chi connectivity index (χ0v) is 17.1. The Hall–Kier alpha value is -2.79. The predicted octanol–water partition coefficient (Wildman–Crippen LogP) is 2.16. The zero-order chi connectivity index (χ0) is 21.2. The topological polar surface area (TPSA) is 127 Å². The van der Waals surface area contributed by atoms with Crippen molar-refractivity contribution in [3.05, 3.63) is 46.3 Å². The van der Waals surface area contributed by atoms with E-state index in [2.05, 4.69) is 10.4 Å². The molecule has 0 unspecified atom stereocenters. The Bertz CT molecular complexity index is 1010.